The number of aliphatic carboxylic acids is 1. The Hall–Kier alpha value is -1.52. The largest absolute Gasteiger partial charge is 0.481 e. The highest BCUT2D eigenvalue weighted by molar-refractivity contribution is 5.75. The van der Waals surface area contributed by atoms with Crippen molar-refractivity contribution < 1.29 is 23.1 Å². The third-order valence-corrected chi connectivity index (χ3v) is 2.57. The van der Waals surface area contributed by atoms with E-state index in [4.69, 9.17) is 5.11 Å². The van der Waals surface area contributed by atoms with Crippen molar-refractivity contribution in [3.05, 3.63) is 35.1 Å². The third kappa shape index (κ3) is 1.58. The number of carboxylic acid groups (broad SMARTS) is 1. The Kier molecular flexibility index (Phi) is 2.17. The molecule has 2 rings (SSSR count). The lowest BCUT2D eigenvalue weighted by Gasteiger charge is -2.02. The summed E-state index contributed by atoms with van der Waals surface area (Å²) in [7, 11) is 0. The average molecular weight is 216 g/mol. The van der Waals surface area contributed by atoms with Crippen LogP contribution in [0.15, 0.2) is 12.1 Å². The minimum Gasteiger partial charge on any atom is -0.481 e. The number of carboxylic acids is 1. The van der Waals surface area contributed by atoms with Crippen molar-refractivity contribution in [2.75, 3.05) is 0 Å². The van der Waals surface area contributed by atoms with Gasteiger partial charge in [0.05, 0.1) is 5.92 Å². The Balaban J connectivity index is 2.32. The molecule has 0 bridgehead atoms. The summed E-state index contributed by atoms with van der Waals surface area (Å²) in [5.74, 6) is -6.32. The van der Waals surface area contributed by atoms with E-state index < -0.39 is 35.3 Å². The van der Waals surface area contributed by atoms with E-state index in [0.29, 0.717) is 0 Å². The molecule has 1 N–H and O–H groups in total. The normalized spacial score (nSPS) is 23.9. The molecule has 1 aromatic rings. The molecule has 1 aromatic carbocycles. The van der Waals surface area contributed by atoms with Crippen LogP contribution in [0, 0.1) is 23.4 Å². The number of rotatable bonds is 2. The number of carbonyl (C=O) groups is 1. The second kappa shape index (κ2) is 3.25. The standard InChI is InChI=1S/C10H7F3O2/c11-7-2-1-4(8(12)9(7)13)5-3-6(5)10(14)15/h1-2,5-6H,3H2,(H,14,15)/t5-,6+/m0/s1. The molecular formula is C10H7F3O2. The minimum absolute atomic E-state index is 0.0544. The van der Waals surface area contributed by atoms with Crippen LogP contribution in [0.2, 0.25) is 0 Å². The SMILES string of the molecule is O=C(O)[C@@H]1C[C@H]1c1ccc(F)c(F)c1F. The molecule has 0 spiro atoms. The van der Waals surface area contributed by atoms with Gasteiger partial charge in [0.1, 0.15) is 0 Å². The first kappa shape index (κ1) is 10.0. The van der Waals surface area contributed by atoms with Gasteiger partial charge in [-0.1, -0.05) is 6.07 Å². The molecule has 0 saturated heterocycles. The molecule has 1 saturated carbocycles. The molecule has 15 heavy (non-hydrogen) atoms. The van der Waals surface area contributed by atoms with E-state index in [9.17, 15) is 18.0 Å². The predicted molar refractivity (Wildman–Crippen MR) is 44.8 cm³/mol. The summed E-state index contributed by atoms with van der Waals surface area (Å²) in [6.45, 7) is 0. The maximum atomic E-state index is 13.2. The molecule has 80 valence electrons. The summed E-state index contributed by atoms with van der Waals surface area (Å²) < 4.78 is 38.6. The van der Waals surface area contributed by atoms with E-state index in [-0.39, 0.29) is 12.0 Å². The molecule has 0 unspecified atom stereocenters. The van der Waals surface area contributed by atoms with Crippen molar-refractivity contribution in [3.8, 4) is 0 Å². The fourth-order valence-corrected chi connectivity index (χ4v) is 1.64. The van der Waals surface area contributed by atoms with Gasteiger partial charge in [-0.3, -0.25) is 4.79 Å². The first-order valence-electron chi connectivity index (χ1n) is 4.38. The summed E-state index contributed by atoms with van der Waals surface area (Å²) in [6, 6.07) is 1.91. The first-order chi connectivity index (χ1) is 7.02. The first-order valence-corrected chi connectivity index (χ1v) is 4.38. The molecule has 2 atom stereocenters. The van der Waals surface area contributed by atoms with Crippen molar-refractivity contribution in [3.63, 3.8) is 0 Å². The Labute approximate surface area is 83.3 Å². The lowest BCUT2D eigenvalue weighted by Crippen LogP contribution is -2.02. The summed E-state index contributed by atoms with van der Waals surface area (Å²) in [6.07, 6.45) is 0.275. The monoisotopic (exact) mass is 216 g/mol. The quantitative estimate of drug-likeness (QED) is 0.770. The second-order valence-electron chi connectivity index (χ2n) is 3.55. The van der Waals surface area contributed by atoms with E-state index in [2.05, 4.69) is 0 Å². The molecule has 0 aromatic heterocycles. The molecule has 1 aliphatic rings. The third-order valence-electron chi connectivity index (χ3n) is 2.57. The highest BCUT2D eigenvalue weighted by Crippen LogP contribution is 2.48. The molecule has 0 heterocycles. The molecule has 0 amide bonds. The van der Waals surface area contributed by atoms with E-state index in [0.717, 1.165) is 12.1 Å². The van der Waals surface area contributed by atoms with Crippen LogP contribution in [0.5, 0.6) is 0 Å². The average Bonchev–Trinajstić information content (AvgIpc) is 2.94. The van der Waals surface area contributed by atoms with Crippen LogP contribution in [0.1, 0.15) is 17.9 Å². The number of hydrogen-bond donors (Lipinski definition) is 1. The van der Waals surface area contributed by atoms with Crippen molar-refractivity contribution >= 4 is 5.97 Å². The lowest BCUT2D eigenvalue weighted by molar-refractivity contribution is -0.138. The van der Waals surface area contributed by atoms with Crippen molar-refractivity contribution in [1.82, 2.24) is 0 Å². The summed E-state index contributed by atoms with van der Waals surface area (Å²) >= 11 is 0. The molecule has 1 fully saturated rings. The number of hydrogen-bond acceptors (Lipinski definition) is 1. The van der Waals surface area contributed by atoms with E-state index in [1.807, 2.05) is 0 Å². The van der Waals surface area contributed by atoms with Crippen LogP contribution in [-0.2, 0) is 4.79 Å². The Morgan fingerprint density at radius 3 is 2.47 bits per heavy atom. The van der Waals surface area contributed by atoms with Crippen molar-refractivity contribution in [1.29, 1.82) is 0 Å². The van der Waals surface area contributed by atoms with Crippen molar-refractivity contribution in [2.45, 2.75) is 12.3 Å². The van der Waals surface area contributed by atoms with Gasteiger partial charge in [0, 0.05) is 5.92 Å². The number of benzene rings is 1. The minimum atomic E-state index is -1.54. The topological polar surface area (TPSA) is 37.3 Å². The van der Waals surface area contributed by atoms with Gasteiger partial charge in [-0.15, -0.1) is 0 Å². The van der Waals surface area contributed by atoms with Gasteiger partial charge < -0.3 is 5.11 Å². The van der Waals surface area contributed by atoms with Gasteiger partial charge >= 0.3 is 5.97 Å². The molecule has 0 aliphatic heterocycles. The second-order valence-corrected chi connectivity index (χ2v) is 3.55. The van der Waals surface area contributed by atoms with E-state index in [1.54, 1.807) is 0 Å². The van der Waals surface area contributed by atoms with Gasteiger partial charge in [0.25, 0.3) is 0 Å². The van der Waals surface area contributed by atoms with Crippen LogP contribution in [0.3, 0.4) is 0 Å². The van der Waals surface area contributed by atoms with Gasteiger partial charge in [0.2, 0.25) is 0 Å². The fourth-order valence-electron chi connectivity index (χ4n) is 1.64. The maximum Gasteiger partial charge on any atom is 0.307 e. The zero-order valence-corrected chi connectivity index (χ0v) is 7.51. The lowest BCUT2D eigenvalue weighted by atomic mass is 10.1. The van der Waals surface area contributed by atoms with Crippen LogP contribution in [0.4, 0.5) is 13.2 Å². The van der Waals surface area contributed by atoms with Gasteiger partial charge in [-0.2, -0.15) is 0 Å². The summed E-state index contributed by atoms with van der Waals surface area (Å²) in [5, 5.41) is 8.61. The summed E-state index contributed by atoms with van der Waals surface area (Å²) in [5.41, 5.74) is -0.0544. The zero-order chi connectivity index (χ0) is 11.2. The van der Waals surface area contributed by atoms with Gasteiger partial charge in [0.15, 0.2) is 17.5 Å². The molecule has 2 nitrogen and oxygen atoms in total. The van der Waals surface area contributed by atoms with Crippen LogP contribution < -0.4 is 0 Å². The van der Waals surface area contributed by atoms with Gasteiger partial charge in [-0.05, 0) is 18.1 Å². The van der Waals surface area contributed by atoms with E-state index in [1.165, 1.54) is 0 Å². The van der Waals surface area contributed by atoms with E-state index >= 15 is 0 Å². The Morgan fingerprint density at radius 2 is 1.93 bits per heavy atom. The molecular weight excluding hydrogens is 209 g/mol. The fraction of sp³-hybridized carbons (Fsp3) is 0.300. The van der Waals surface area contributed by atoms with Crippen LogP contribution >= 0.6 is 0 Å². The summed E-state index contributed by atoms with van der Waals surface area (Å²) in [4.78, 5) is 10.5. The number of halogens is 3. The Morgan fingerprint density at radius 1 is 1.27 bits per heavy atom. The smallest absolute Gasteiger partial charge is 0.307 e. The van der Waals surface area contributed by atoms with Crippen LogP contribution in [0.25, 0.3) is 0 Å². The highest BCUT2D eigenvalue weighted by atomic mass is 19.2. The van der Waals surface area contributed by atoms with Gasteiger partial charge in [-0.25, -0.2) is 13.2 Å². The predicted octanol–water partition coefficient (Wildman–Crippen LogP) is 2.29. The van der Waals surface area contributed by atoms with Crippen molar-refractivity contribution in [2.24, 2.45) is 5.92 Å². The maximum absolute atomic E-state index is 13.2. The Bertz CT molecular complexity index is 431. The zero-order valence-electron chi connectivity index (χ0n) is 7.51. The highest BCUT2D eigenvalue weighted by Gasteiger charge is 2.46. The molecule has 1 aliphatic carbocycles. The van der Waals surface area contributed by atoms with Crippen LogP contribution in [-0.4, -0.2) is 11.1 Å². The molecule has 5 heteroatoms. The molecule has 0 radical (unpaired) electrons.